The molecule has 0 heterocycles. The maximum absolute atomic E-state index is 11.8. The molecule has 0 aliphatic carbocycles. The Morgan fingerprint density at radius 3 is 2.82 bits per heavy atom. The second-order valence-electron chi connectivity index (χ2n) is 4.01. The third-order valence-corrected chi connectivity index (χ3v) is 2.39. The minimum absolute atomic E-state index is 0.0186. The molecular weight excluding hydrogens is 218 g/mol. The van der Waals surface area contributed by atoms with Gasteiger partial charge in [-0.1, -0.05) is 35.0 Å². The lowest BCUT2D eigenvalue weighted by molar-refractivity contribution is -0.128. The topological polar surface area (TPSA) is 78.9 Å². The van der Waals surface area contributed by atoms with Gasteiger partial charge in [0.25, 0.3) is 0 Å². The number of aryl methyl sites for hydroxylation is 1. The van der Waals surface area contributed by atoms with Crippen LogP contribution in [0.3, 0.4) is 0 Å². The zero-order valence-electron chi connectivity index (χ0n) is 10.1. The molecule has 0 aliphatic heterocycles. The fourth-order valence-electron chi connectivity index (χ4n) is 1.49. The van der Waals surface area contributed by atoms with Crippen LogP contribution in [0.2, 0.25) is 0 Å². The van der Waals surface area contributed by atoms with E-state index in [-0.39, 0.29) is 18.3 Å². The van der Waals surface area contributed by atoms with E-state index in [9.17, 15) is 4.79 Å². The van der Waals surface area contributed by atoms with Crippen molar-refractivity contribution in [3.8, 4) is 0 Å². The second kappa shape index (κ2) is 5.89. The molecule has 92 valence electrons. The highest BCUT2D eigenvalue weighted by Gasteiger charge is 2.11. The number of likely N-dealkylation sites (N-methyl/N-ethyl adjacent to an activating group) is 1. The van der Waals surface area contributed by atoms with Crippen LogP contribution in [0.25, 0.3) is 0 Å². The predicted octanol–water partition coefficient (Wildman–Crippen LogP) is 0.742. The lowest BCUT2D eigenvalue weighted by Crippen LogP contribution is -2.36. The largest absolute Gasteiger partial charge is 0.409 e. The Bertz CT molecular complexity index is 430. The molecule has 0 radical (unpaired) electrons. The van der Waals surface area contributed by atoms with Gasteiger partial charge in [0.1, 0.15) is 0 Å². The summed E-state index contributed by atoms with van der Waals surface area (Å²) < 4.78 is 0. The second-order valence-corrected chi connectivity index (χ2v) is 4.01. The van der Waals surface area contributed by atoms with Gasteiger partial charge in [0.2, 0.25) is 5.91 Å². The summed E-state index contributed by atoms with van der Waals surface area (Å²) in [4.78, 5) is 13.2. The first-order chi connectivity index (χ1) is 8.02. The molecule has 1 amide bonds. The molecule has 0 unspecified atom stereocenters. The van der Waals surface area contributed by atoms with Crippen molar-refractivity contribution in [2.45, 2.75) is 13.3 Å². The maximum atomic E-state index is 11.8. The van der Waals surface area contributed by atoms with E-state index < -0.39 is 0 Å². The number of nitrogens with two attached hydrogens (primary N) is 1. The number of amides is 1. The normalized spacial score (nSPS) is 11.3. The van der Waals surface area contributed by atoms with Crippen LogP contribution in [0.5, 0.6) is 0 Å². The van der Waals surface area contributed by atoms with Crippen LogP contribution in [0.1, 0.15) is 11.1 Å². The Labute approximate surface area is 101 Å². The van der Waals surface area contributed by atoms with E-state index in [1.165, 1.54) is 4.90 Å². The zero-order chi connectivity index (χ0) is 12.8. The number of hydrogen-bond acceptors (Lipinski definition) is 3. The molecule has 1 aromatic rings. The Hall–Kier alpha value is -2.04. The molecule has 17 heavy (non-hydrogen) atoms. The van der Waals surface area contributed by atoms with E-state index in [4.69, 9.17) is 10.9 Å². The van der Waals surface area contributed by atoms with E-state index in [1.54, 1.807) is 7.05 Å². The molecule has 1 rings (SSSR count). The SMILES string of the molecule is Cc1cccc(CC(=O)N(C)CC(N)=NO)c1. The van der Waals surface area contributed by atoms with Gasteiger partial charge in [0.05, 0.1) is 13.0 Å². The quantitative estimate of drug-likeness (QED) is 0.350. The van der Waals surface area contributed by atoms with Gasteiger partial charge in [-0.3, -0.25) is 4.79 Å². The Balaban J connectivity index is 2.60. The molecular formula is C12H17N3O2. The van der Waals surface area contributed by atoms with Gasteiger partial charge in [-0.05, 0) is 12.5 Å². The molecule has 0 atom stereocenters. The first kappa shape index (κ1) is 13.0. The molecule has 5 nitrogen and oxygen atoms in total. The number of amidine groups is 1. The van der Waals surface area contributed by atoms with Gasteiger partial charge in [0, 0.05) is 7.05 Å². The summed E-state index contributed by atoms with van der Waals surface area (Å²) in [6.07, 6.45) is 0.316. The van der Waals surface area contributed by atoms with Gasteiger partial charge in [0.15, 0.2) is 5.84 Å². The average molecular weight is 235 g/mol. The molecule has 0 bridgehead atoms. The van der Waals surface area contributed by atoms with Crippen molar-refractivity contribution < 1.29 is 10.0 Å². The minimum Gasteiger partial charge on any atom is -0.409 e. The van der Waals surface area contributed by atoms with Crippen LogP contribution < -0.4 is 5.73 Å². The number of carbonyl (C=O) groups is 1. The Morgan fingerprint density at radius 1 is 1.53 bits per heavy atom. The highest BCUT2D eigenvalue weighted by atomic mass is 16.4. The van der Waals surface area contributed by atoms with Crippen molar-refractivity contribution in [3.63, 3.8) is 0 Å². The minimum atomic E-state index is -0.0674. The highest BCUT2D eigenvalue weighted by Crippen LogP contribution is 2.05. The number of hydrogen-bond donors (Lipinski definition) is 2. The van der Waals surface area contributed by atoms with Crippen LogP contribution in [-0.2, 0) is 11.2 Å². The molecule has 0 spiro atoms. The summed E-state index contributed by atoms with van der Waals surface area (Å²) in [5.74, 6) is -0.0488. The lowest BCUT2D eigenvalue weighted by atomic mass is 10.1. The third kappa shape index (κ3) is 4.14. The molecule has 0 aromatic heterocycles. The maximum Gasteiger partial charge on any atom is 0.227 e. The summed E-state index contributed by atoms with van der Waals surface area (Å²) >= 11 is 0. The standard InChI is InChI=1S/C12H17N3O2/c1-9-4-3-5-10(6-9)7-12(16)15(2)8-11(13)14-17/h3-6,17H,7-8H2,1-2H3,(H2,13,14). The number of carbonyl (C=O) groups excluding carboxylic acids is 1. The third-order valence-electron chi connectivity index (χ3n) is 2.39. The first-order valence-corrected chi connectivity index (χ1v) is 5.29. The fourth-order valence-corrected chi connectivity index (χ4v) is 1.49. The Morgan fingerprint density at radius 2 is 2.24 bits per heavy atom. The van der Waals surface area contributed by atoms with Gasteiger partial charge >= 0.3 is 0 Å². The number of rotatable bonds is 4. The van der Waals surface area contributed by atoms with Crippen molar-refractivity contribution in [1.29, 1.82) is 0 Å². The van der Waals surface area contributed by atoms with Crippen molar-refractivity contribution in [2.75, 3.05) is 13.6 Å². The Kier molecular flexibility index (Phi) is 4.51. The van der Waals surface area contributed by atoms with Crippen molar-refractivity contribution in [2.24, 2.45) is 10.9 Å². The predicted molar refractivity (Wildman–Crippen MR) is 65.9 cm³/mol. The summed E-state index contributed by atoms with van der Waals surface area (Å²) in [5, 5.41) is 11.2. The monoisotopic (exact) mass is 235 g/mol. The van der Waals surface area contributed by atoms with Crippen molar-refractivity contribution >= 4 is 11.7 Å². The van der Waals surface area contributed by atoms with Crippen molar-refractivity contribution in [3.05, 3.63) is 35.4 Å². The van der Waals surface area contributed by atoms with Crippen LogP contribution in [0.4, 0.5) is 0 Å². The number of oxime groups is 1. The summed E-state index contributed by atoms with van der Waals surface area (Å²) in [6.45, 7) is 2.11. The fraction of sp³-hybridized carbons (Fsp3) is 0.333. The molecule has 3 N–H and O–H groups in total. The van der Waals surface area contributed by atoms with Crippen molar-refractivity contribution in [1.82, 2.24) is 4.90 Å². The number of benzene rings is 1. The first-order valence-electron chi connectivity index (χ1n) is 5.29. The molecule has 0 saturated heterocycles. The van der Waals surface area contributed by atoms with Gasteiger partial charge in [-0.25, -0.2) is 0 Å². The summed E-state index contributed by atoms with van der Waals surface area (Å²) in [7, 11) is 1.62. The van der Waals surface area contributed by atoms with E-state index in [1.807, 2.05) is 31.2 Å². The van der Waals surface area contributed by atoms with Crippen LogP contribution in [-0.4, -0.2) is 35.4 Å². The van der Waals surface area contributed by atoms with Crippen LogP contribution in [0, 0.1) is 6.92 Å². The number of nitrogens with zero attached hydrogens (tertiary/aromatic N) is 2. The molecule has 1 aromatic carbocycles. The van der Waals surface area contributed by atoms with Crippen LogP contribution >= 0.6 is 0 Å². The van der Waals surface area contributed by atoms with Crippen LogP contribution in [0.15, 0.2) is 29.4 Å². The van der Waals surface area contributed by atoms with E-state index >= 15 is 0 Å². The van der Waals surface area contributed by atoms with Gasteiger partial charge in [-0.2, -0.15) is 0 Å². The molecule has 0 aliphatic rings. The average Bonchev–Trinajstić information content (AvgIpc) is 2.28. The van der Waals surface area contributed by atoms with E-state index in [0.29, 0.717) is 6.42 Å². The molecule has 5 heteroatoms. The molecule has 0 saturated carbocycles. The highest BCUT2D eigenvalue weighted by molar-refractivity contribution is 5.87. The summed E-state index contributed by atoms with van der Waals surface area (Å²) in [6, 6.07) is 7.77. The van der Waals surface area contributed by atoms with E-state index in [2.05, 4.69) is 5.16 Å². The zero-order valence-corrected chi connectivity index (χ0v) is 10.1. The van der Waals surface area contributed by atoms with E-state index in [0.717, 1.165) is 11.1 Å². The van der Waals surface area contributed by atoms with Gasteiger partial charge < -0.3 is 15.8 Å². The summed E-state index contributed by atoms with van der Waals surface area (Å²) in [5.41, 5.74) is 7.41. The van der Waals surface area contributed by atoms with Gasteiger partial charge in [-0.15, -0.1) is 0 Å². The molecule has 0 fully saturated rings. The smallest absolute Gasteiger partial charge is 0.227 e. The lowest BCUT2D eigenvalue weighted by Gasteiger charge is -2.16.